The maximum atomic E-state index is 5.28. The second-order valence-corrected chi connectivity index (χ2v) is 5.50. The van der Waals surface area contributed by atoms with Crippen LogP contribution in [-0.4, -0.2) is 13.2 Å². The third-order valence-corrected chi connectivity index (χ3v) is 4.21. The average molecular weight is 247 g/mol. The van der Waals surface area contributed by atoms with Crippen LogP contribution in [0.25, 0.3) is 0 Å². The Balaban J connectivity index is 1.95. The average Bonchev–Trinajstić information content (AvgIpc) is 2.92. The lowest BCUT2D eigenvalue weighted by molar-refractivity contribution is 0.351. The van der Waals surface area contributed by atoms with Gasteiger partial charge in [-0.2, -0.15) is 0 Å². The highest BCUT2D eigenvalue weighted by Crippen LogP contribution is 2.29. The van der Waals surface area contributed by atoms with Gasteiger partial charge in [-0.15, -0.1) is 0 Å². The molecule has 0 aromatic heterocycles. The van der Waals surface area contributed by atoms with E-state index in [4.69, 9.17) is 4.74 Å². The van der Waals surface area contributed by atoms with Crippen LogP contribution in [0.5, 0.6) is 5.75 Å². The quantitative estimate of drug-likeness (QED) is 0.851. The van der Waals surface area contributed by atoms with E-state index in [9.17, 15) is 0 Å². The standard InChI is InChI=1S/C16H25NO/c1-12(14-7-4-5-8-14)17-13(2)15-9-6-10-16(11-15)18-3/h6,9-14,17H,4-5,7-8H2,1-3H3/t12-,13?/m0/s1. The molecule has 0 radical (unpaired) electrons. The van der Waals surface area contributed by atoms with Crippen molar-refractivity contribution in [2.24, 2.45) is 5.92 Å². The van der Waals surface area contributed by atoms with Crippen LogP contribution in [0, 0.1) is 5.92 Å². The fraction of sp³-hybridized carbons (Fsp3) is 0.625. The van der Waals surface area contributed by atoms with Crippen molar-refractivity contribution < 1.29 is 4.74 Å². The first-order valence-corrected chi connectivity index (χ1v) is 7.10. The van der Waals surface area contributed by atoms with Crippen molar-refractivity contribution in [3.8, 4) is 5.75 Å². The van der Waals surface area contributed by atoms with E-state index in [0.29, 0.717) is 12.1 Å². The second kappa shape index (κ2) is 6.24. The zero-order valence-corrected chi connectivity index (χ0v) is 11.8. The summed E-state index contributed by atoms with van der Waals surface area (Å²) in [6.45, 7) is 4.56. The van der Waals surface area contributed by atoms with Crippen LogP contribution in [0.2, 0.25) is 0 Å². The Morgan fingerprint density at radius 1 is 1.22 bits per heavy atom. The van der Waals surface area contributed by atoms with Crippen molar-refractivity contribution in [2.75, 3.05) is 7.11 Å². The Kier molecular flexibility index (Phi) is 4.65. The summed E-state index contributed by atoms with van der Waals surface area (Å²) in [4.78, 5) is 0. The normalized spacial score (nSPS) is 19.7. The number of hydrogen-bond donors (Lipinski definition) is 1. The van der Waals surface area contributed by atoms with Gasteiger partial charge in [-0.1, -0.05) is 25.0 Å². The molecule has 1 aliphatic rings. The number of hydrogen-bond acceptors (Lipinski definition) is 2. The number of methoxy groups -OCH3 is 1. The van der Waals surface area contributed by atoms with Crippen LogP contribution in [0.3, 0.4) is 0 Å². The lowest BCUT2D eigenvalue weighted by Crippen LogP contribution is -2.34. The third-order valence-electron chi connectivity index (χ3n) is 4.21. The Hall–Kier alpha value is -1.02. The van der Waals surface area contributed by atoms with Gasteiger partial charge in [0.25, 0.3) is 0 Å². The molecule has 0 saturated heterocycles. The van der Waals surface area contributed by atoms with Gasteiger partial charge >= 0.3 is 0 Å². The molecule has 2 nitrogen and oxygen atoms in total. The minimum absolute atomic E-state index is 0.385. The molecule has 1 N–H and O–H groups in total. The monoisotopic (exact) mass is 247 g/mol. The molecule has 0 aliphatic heterocycles. The van der Waals surface area contributed by atoms with Crippen molar-refractivity contribution in [1.29, 1.82) is 0 Å². The highest BCUT2D eigenvalue weighted by atomic mass is 16.5. The molecule has 1 saturated carbocycles. The van der Waals surface area contributed by atoms with Gasteiger partial charge in [-0.05, 0) is 50.3 Å². The Bertz CT molecular complexity index is 371. The van der Waals surface area contributed by atoms with Crippen LogP contribution in [-0.2, 0) is 0 Å². The molecule has 2 heteroatoms. The fourth-order valence-electron chi connectivity index (χ4n) is 2.99. The predicted octanol–water partition coefficient (Wildman–Crippen LogP) is 3.92. The molecule has 1 aliphatic carbocycles. The summed E-state index contributed by atoms with van der Waals surface area (Å²) in [6, 6.07) is 9.34. The molecular formula is C16H25NO. The Morgan fingerprint density at radius 2 is 1.94 bits per heavy atom. The van der Waals surface area contributed by atoms with Crippen molar-refractivity contribution in [3.63, 3.8) is 0 Å². The molecule has 1 unspecified atom stereocenters. The van der Waals surface area contributed by atoms with Gasteiger partial charge in [0, 0.05) is 12.1 Å². The first-order chi connectivity index (χ1) is 8.70. The van der Waals surface area contributed by atoms with Crippen LogP contribution in [0.4, 0.5) is 0 Å². The molecule has 0 amide bonds. The Labute approximate surface area is 111 Å². The summed E-state index contributed by atoms with van der Waals surface area (Å²) in [5.74, 6) is 1.80. The summed E-state index contributed by atoms with van der Waals surface area (Å²) in [6.07, 6.45) is 5.59. The lowest BCUT2D eigenvalue weighted by Gasteiger charge is -2.25. The maximum Gasteiger partial charge on any atom is 0.119 e. The molecule has 100 valence electrons. The summed E-state index contributed by atoms with van der Waals surface area (Å²) in [5.41, 5.74) is 1.30. The number of nitrogens with one attached hydrogen (secondary N) is 1. The van der Waals surface area contributed by atoms with Crippen LogP contribution >= 0.6 is 0 Å². The van der Waals surface area contributed by atoms with Gasteiger partial charge in [-0.25, -0.2) is 0 Å². The van der Waals surface area contributed by atoms with Crippen molar-refractivity contribution in [3.05, 3.63) is 29.8 Å². The summed E-state index contributed by atoms with van der Waals surface area (Å²) in [5, 5.41) is 3.73. The number of rotatable bonds is 5. The second-order valence-electron chi connectivity index (χ2n) is 5.50. The molecular weight excluding hydrogens is 222 g/mol. The van der Waals surface area contributed by atoms with E-state index in [-0.39, 0.29) is 0 Å². The summed E-state index contributed by atoms with van der Waals surface area (Å²) < 4.78 is 5.28. The van der Waals surface area contributed by atoms with E-state index in [1.807, 2.05) is 6.07 Å². The van der Waals surface area contributed by atoms with Gasteiger partial charge in [0.05, 0.1) is 7.11 Å². The molecule has 0 bridgehead atoms. The first-order valence-electron chi connectivity index (χ1n) is 7.10. The van der Waals surface area contributed by atoms with Gasteiger partial charge in [0.2, 0.25) is 0 Å². The summed E-state index contributed by atoms with van der Waals surface area (Å²) in [7, 11) is 1.72. The van der Waals surface area contributed by atoms with Crippen LogP contribution < -0.4 is 10.1 Å². The number of benzene rings is 1. The topological polar surface area (TPSA) is 21.3 Å². The molecule has 1 aromatic carbocycles. The highest BCUT2D eigenvalue weighted by Gasteiger charge is 2.22. The minimum Gasteiger partial charge on any atom is -0.497 e. The van der Waals surface area contributed by atoms with E-state index in [0.717, 1.165) is 11.7 Å². The molecule has 2 atom stereocenters. The van der Waals surface area contributed by atoms with E-state index in [1.54, 1.807) is 7.11 Å². The fourth-order valence-corrected chi connectivity index (χ4v) is 2.99. The van der Waals surface area contributed by atoms with E-state index in [2.05, 4.69) is 37.4 Å². The molecule has 1 fully saturated rings. The molecule has 1 aromatic rings. The van der Waals surface area contributed by atoms with Crippen molar-refractivity contribution in [1.82, 2.24) is 5.32 Å². The molecule has 0 heterocycles. The van der Waals surface area contributed by atoms with E-state index < -0.39 is 0 Å². The first kappa shape index (κ1) is 13.4. The van der Waals surface area contributed by atoms with E-state index >= 15 is 0 Å². The Morgan fingerprint density at radius 3 is 2.61 bits per heavy atom. The van der Waals surface area contributed by atoms with Gasteiger partial charge in [-0.3, -0.25) is 0 Å². The van der Waals surface area contributed by atoms with Crippen molar-refractivity contribution in [2.45, 2.75) is 51.6 Å². The zero-order valence-electron chi connectivity index (χ0n) is 11.8. The smallest absolute Gasteiger partial charge is 0.119 e. The van der Waals surface area contributed by atoms with E-state index in [1.165, 1.54) is 31.2 Å². The highest BCUT2D eigenvalue weighted by molar-refractivity contribution is 5.30. The zero-order chi connectivity index (χ0) is 13.0. The van der Waals surface area contributed by atoms with Gasteiger partial charge < -0.3 is 10.1 Å². The lowest BCUT2D eigenvalue weighted by atomic mass is 9.98. The SMILES string of the molecule is COc1cccc(C(C)N[C@@H](C)C2CCCC2)c1. The minimum atomic E-state index is 0.385. The molecule has 2 rings (SSSR count). The van der Waals surface area contributed by atoms with Crippen LogP contribution in [0.1, 0.15) is 51.1 Å². The summed E-state index contributed by atoms with van der Waals surface area (Å²) >= 11 is 0. The number of ether oxygens (including phenoxy) is 1. The largest absolute Gasteiger partial charge is 0.497 e. The van der Waals surface area contributed by atoms with Crippen molar-refractivity contribution >= 4 is 0 Å². The van der Waals surface area contributed by atoms with Gasteiger partial charge in [0.1, 0.15) is 5.75 Å². The predicted molar refractivity (Wildman–Crippen MR) is 76.0 cm³/mol. The van der Waals surface area contributed by atoms with Gasteiger partial charge in [0.15, 0.2) is 0 Å². The molecule has 0 spiro atoms. The molecule has 18 heavy (non-hydrogen) atoms. The maximum absolute atomic E-state index is 5.28. The van der Waals surface area contributed by atoms with Crippen LogP contribution in [0.15, 0.2) is 24.3 Å². The third kappa shape index (κ3) is 3.26.